The molecule has 2 aromatic rings. The van der Waals surface area contributed by atoms with E-state index >= 15 is 0 Å². The molecule has 0 saturated carbocycles. The number of pyridine rings is 1. The average molecular weight is 343 g/mol. The molecule has 0 unspecified atom stereocenters. The molecular formula is C17H15BrN2O. The van der Waals surface area contributed by atoms with E-state index in [0.29, 0.717) is 17.9 Å². The number of benzene rings is 1. The van der Waals surface area contributed by atoms with E-state index in [1.54, 1.807) is 12.3 Å². The lowest BCUT2D eigenvalue weighted by Gasteiger charge is -2.09. The average Bonchev–Trinajstić information content (AvgIpc) is 2.52. The minimum atomic E-state index is 0.509. The zero-order valence-corrected chi connectivity index (χ0v) is 13.3. The maximum absolute atomic E-state index is 9.37. The van der Waals surface area contributed by atoms with Crippen LogP contribution in [0.15, 0.2) is 47.1 Å². The number of hydrogen-bond donors (Lipinski definition) is 0. The number of nitriles is 1. The molecular weight excluding hydrogens is 328 g/mol. The first kappa shape index (κ1) is 15.3. The SMILES string of the molecule is CCCOc1ccc(Br)cc1/C=C(\C#N)c1ccccn1. The molecule has 0 aliphatic rings. The Labute approximate surface area is 133 Å². The second-order valence-electron chi connectivity index (χ2n) is 4.42. The highest BCUT2D eigenvalue weighted by Crippen LogP contribution is 2.27. The molecule has 0 radical (unpaired) electrons. The summed E-state index contributed by atoms with van der Waals surface area (Å²) in [5, 5.41) is 9.37. The summed E-state index contributed by atoms with van der Waals surface area (Å²) >= 11 is 3.45. The molecule has 3 nitrogen and oxygen atoms in total. The molecule has 0 aliphatic carbocycles. The summed E-state index contributed by atoms with van der Waals surface area (Å²) in [7, 11) is 0. The molecule has 0 bridgehead atoms. The van der Waals surface area contributed by atoms with Gasteiger partial charge in [0, 0.05) is 16.2 Å². The maximum atomic E-state index is 9.37. The number of hydrogen-bond acceptors (Lipinski definition) is 3. The third kappa shape index (κ3) is 4.17. The van der Waals surface area contributed by atoms with Crippen molar-refractivity contribution in [2.24, 2.45) is 0 Å². The lowest BCUT2D eigenvalue weighted by molar-refractivity contribution is 0.317. The van der Waals surface area contributed by atoms with Gasteiger partial charge in [0.15, 0.2) is 0 Å². The molecule has 4 heteroatoms. The van der Waals surface area contributed by atoms with Crippen molar-refractivity contribution in [3.05, 3.63) is 58.3 Å². The number of allylic oxidation sites excluding steroid dienone is 1. The van der Waals surface area contributed by atoms with Gasteiger partial charge in [-0.05, 0) is 42.8 Å². The van der Waals surface area contributed by atoms with Crippen molar-refractivity contribution in [3.63, 3.8) is 0 Å². The molecule has 0 atom stereocenters. The van der Waals surface area contributed by atoms with E-state index in [1.165, 1.54) is 0 Å². The normalized spacial score (nSPS) is 11.0. The molecule has 0 saturated heterocycles. The van der Waals surface area contributed by atoms with Crippen molar-refractivity contribution in [2.45, 2.75) is 13.3 Å². The summed E-state index contributed by atoms with van der Waals surface area (Å²) < 4.78 is 6.67. The van der Waals surface area contributed by atoms with Crippen LogP contribution in [0, 0.1) is 11.3 Å². The van der Waals surface area contributed by atoms with Crippen molar-refractivity contribution < 1.29 is 4.74 Å². The number of ether oxygens (including phenoxy) is 1. The molecule has 0 aliphatic heterocycles. The first-order valence-electron chi connectivity index (χ1n) is 6.70. The van der Waals surface area contributed by atoms with Gasteiger partial charge in [0.1, 0.15) is 11.8 Å². The molecule has 1 aromatic heterocycles. The first-order valence-corrected chi connectivity index (χ1v) is 7.49. The Hall–Kier alpha value is -2.12. The van der Waals surface area contributed by atoms with Crippen LogP contribution in [0.4, 0.5) is 0 Å². The highest BCUT2D eigenvalue weighted by atomic mass is 79.9. The molecule has 0 N–H and O–H groups in total. The number of rotatable bonds is 5. The Balaban J connectivity index is 2.42. The van der Waals surface area contributed by atoms with Gasteiger partial charge < -0.3 is 4.74 Å². The van der Waals surface area contributed by atoms with E-state index in [4.69, 9.17) is 4.74 Å². The summed E-state index contributed by atoms with van der Waals surface area (Å²) in [6.07, 6.45) is 4.42. The Bertz CT molecular complexity index is 675. The van der Waals surface area contributed by atoms with E-state index < -0.39 is 0 Å². The van der Waals surface area contributed by atoms with Crippen LogP contribution in [0.2, 0.25) is 0 Å². The predicted molar refractivity (Wildman–Crippen MR) is 87.6 cm³/mol. The Morgan fingerprint density at radius 3 is 2.90 bits per heavy atom. The summed E-state index contributed by atoms with van der Waals surface area (Å²) in [6, 6.07) is 13.5. The van der Waals surface area contributed by atoms with Crippen LogP contribution >= 0.6 is 15.9 Å². The lowest BCUT2D eigenvalue weighted by Crippen LogP contribution is -1.97. The largest absolute Gasteiger partial charge is 0.493 e. The van der Waals surface area contributed by atoms with E-state index in [2.05, 4.69) is 33.9 Å². The van der Waals surface area contributed by atoms with Crippen molar-refractivity contribution in [3.8, 4) is 11.8 Å². The summed E-state index contributed by atoms with van der Waals surface area (Å²) in [4.78, 5) is 4.22. The van der Waals surface area contributed by atoms with E-state index in [-0.39, 0.29) is 0 Å². The smallest absolute Gasteiger partial charge is 0.126 e. The van der Waals surface area contributed by atoms with Crippen LogP contribution < -0.4 is 4.74 Å². The van der Waals surface area contributed by atoms with Crippen LogP contribution in [-0.2, 0) is 0 Å². The third-order valence-electron chi connectivity index (χ3n) is 2.79. The summed E-state index contributed by atoms with van der Waals surface area (Å²) in [5.74, 6) is 0.767. The minimum absolute atomic E-state index is 0.509. The van der Waals surface area contributed by atoms with Crippen LogP contribution in [0.5, 0.6) is 5.75 Å². The van der Waals surface area contributed by atoms with Gasteiger partial charge in [0.2, 0.25) is 0 Å². The standard InChI is InChI=1S/C17H15BrN2O/c1-2-9-21-17-7-6-15(18)11-13(17)10-14(12-19)16-5-3-4-8-20-16/h3-8,10-11H,2,9H2,1H3/b14-10+. The zero-order valence-electron chi connectivity index (χ0n) is 11.7. The highest BCUT2D eigenvalue weighted by molar-refractivity contribution is 9.10. The maximum Gasteiger partial charge on any atom is 0.126 e. The van der Waals surface area contributed by atoms with Gasteiger partial charge in [-0.2, -0.15) is 5.26 Å². The first-order chi connectivity index (χ1) is 10.2. The second kappa shape index (κ2) is 7.61. The van der Waals surface area contributed by atoms with E-state index in [9.17, 15) is 5.26 Å². The zero-order chi connectivity index (χ0) is 15.1. The predicted octanol–water partition coefficient (Wildman–Crippen LogP) is 4.70. The molecule has 0 spiro atoms. The van der Waals surface area contributed by atoms with Crippen LogP contribution in [0.1, 0.15) is 24.6 Å². The van der Waals surface area contributed by atoms with Crippen molar-refractivity contribution in [1.29, 1.82) is 5.26 Å². The molecule has 1 heterocycles. The van der Waals surface area contributed by atoms with Crippen LogP contribution in [0.3, 0.4) is 0 Å². The highest BCUT2D eigenvalue weighted by Gasteiger charge is 2.07. The summed E-state index contributed by atoms with van der Waals surface area (Å²) in [6.45, 7) is 2.71. The topological polar surface area (TPSA) is 45.9 Å². The fourth-order valence-electron chi connectivity index (χ4n) is 1.82. The minimum Gasteiger partial charge on any atom is -0.493 e. The van der Waals surface area contributed by atoms with Crippen molar-refractivity contribution in [1.82, 2.24) is 4.98 Å². The van der Waals surface area contributed by atoms with Gasteiger partial charge in [-0.3, -0.25) is 4.98 Å². The quantitative estimate of drug-likeness (QED) is 0.740. The van der Waals surface area contributed by atoms with Crippen LogP contribution in [-0.4, -0.2) is 11.6 Å². The molecule has 0 amide bonds. The fourth-order valence-corrected chi connectivity index (χ4v) is 2.20. The number of aromatic nitrogens is 1. The van der Waals surface area contributed by atoms with E-state index in [1.807, 2.05) is 36.4 Å². The Kier molecular flexibility index (Phi) is 5.53. The van der Waals surface area contributed by atoms with Gasteiger partial charge >= 0.3 is 0 Å². The molecule has 2 rings (SSSR count). The summed E-state index contributed by atoms with van der Waals surface area (Å²) in [5.41, 5.74) is 2.02. The van der Waals surface area contributed by atoms with Gasteiger partial charge in [-0.25, -0.2) is 0 Å². The molecule has 106 valence electrons. The molecule has 1 aromatic carbocycles. The van der Waals surface area contributed by atoms with Gasteiger partial charge in [-0.1, -0.05) is 28.9 Å². The Morgan fingerprint density at radius 1 is 1.38 bits per heavy atom. The van der Waals surface area contributed by atoms with Crippen molar-refractivity contribution >= 4 is 27.6 Å². The van der Waals surface area contributed by atoms with Gasteiger partial charge in [0.05, 0.1) is 17.9 Å². The number of halogens is 1. The molecule has 0 fully saturated rings. The van der Waals surface area contributed by atoms with Gasteiger partial charge in [-0.15, -0.1) is 0 Å². The third-order valence-corrected chi connectivity index (χ3v) is 3.29. The monoisotopic (exact) mass is 342 g/mol. The Morgan fingerprint density at radius 2 is 2.24 bits per heavy atom. The fraction of sp³-hybridized carbons (Fsp3) is 0.176. The number of nitrogens with zero attached hydrogens (tertiary/aromatic N) is 2. The van der Waals surface area contributed by atoms with Crippen molar-refractivity contribution in [2.75, 3.05) is 6.61 Å². The van der Waals surface area contributed by atoms with E-state index in [0.717, 1.165) is 22.2 Å². The molecule has 21 heavy (non-hydrogen) atoms. The van der Waals surface area contributed by atoms with Crippen LogP contribution in [0.25, 0.3) is 11.6 Å². The second-order valence-corrected chi connectivity index (χ2v) is 5.33. The van der Waals surface area contributed by atoms with Gasteiger partial charge in [0.25, 0.3) is 0 Å². The lowest BCUT2D eigenvalue weighted by atomic mass is 10.1.